The van der Waals surface area contributed by atoms with E-state index in [2.05, 4.69) is 15.6 Å². The van der Waals surface area contributed by atoms with Crippen LogP contribution in [0.5, 0.6) is 0 Å². The second-order valence-corrected chi connectivity index (χ2v) is 6.15. The van der Waals surface area contributed by atoms with E-state index < -0.39 is 0 Å². The largest absolute Gasteiger partial charge is 0.397 e. The number of aromatic nitrogens is 1. The molecule has 0 aromatic carbocycles. The van der Waals surface area contributed by atoms with Gasteiger partial charge in [0.1, 0.15) is 9.71 Å². The predicted molar refractivity (Wildman–Crippen MR) is 82.1 cm³/mol. The molecule has 0 unspecified atom stereocenters. The quantitative estimate of drug-likeness (QED) is 0.786. The molecule has 5 nitrogen and oxygen atoms in total. The normalized spacial score (nSPS) is 16.4. The summed E-state index contributed by atoms with van der Waals surface area (Å²) < 4.78 is 0. The van der Waals surface area contributed by atoms with Gasteiger partial charge in [-0.3, -0.25) is 4.79 Å². The third-order valence-electron chi connectivity index (χ3n) is 3.72. The van der Waals surface area contributed by atoms with Gasteiger partial charge in [0.2, 0.25) is 0 Å². The number of nitrogens with two attached hydrogens (primary N) is 1. The zero-order chi connectivity index (χ0) is 14.1. The molecule has 4 N–H and O–H groups in total. The first kappa shape index (κ1) is 13.3. The lowest BCUT2D eigenvalue weighted by Gasteiger charge is -2.23. The minimum absolute atomic E-state index is 0.0724. The summed E-state index contributed by atoms with van der Waals surface area (Å²) in [5.74, 6) is -0.0724. The molecule has 3 rings (SSSR count). The number of carbonyl (C=O) groups is 1. The molecule has 0 atom stereocenters. The molecule has 0 aliphatic carbocycles. The predicted octanol–water partition coefficient (Wildman–Crippen LogP) is 1.67. The van der Waals surface area contributed by atoms with Crippen LogP contribution >= 0.6 is 11.3 Å². The van der Waals surface area contributed by atoms with Gasteiger partial charge < -0.3 is 16.4 Å². The van der Waals surface area contributed by atoms with Crippen LogP contribution < -0.4 is 16.4 Å². The lowest BCUT2D eigenvalue weighted by molar-refractivity contribution is 0.0934. The molecular formula is C14H18N4OS. The maximum atomic E-state index is 12.4. The zero-order valence-corrected chi connectivity index (χ0v) is 12.2. The Labute approximate surface area is 121 Å². The fraction of sp³-hybridized carbons (Fsp3) is 0.429. The van der Waals surface area contributed by atoms with E-state index in [1.807, 2.05) is 13.0 Å². The first-order valence-electron chi connectivity index (χ1n) is 6.82. The Kier molecular flexibility index (Phi) is 3.58. The first-order chi connectivity index (χ1) is 9.66. The summed E-state index contributed by atoms with van der Waals surface area (Å²) in [4.78, 5) is 18.1. The van der Waals surface area contributed by atoms with Crippen molar-refractivity contribution in [2.24, 2.45) is 0 Å². The number of thiophene rings is 1. The molecule has 6 heteroatoms. The summed E-state index contributed by atoms with van der Waals surface area (Å²) in [7, 11) is 0. The molecule has 1 saturated heterocycles. The molecule has 106 valence electrons. The van der Waals surface area contributed by atoms with E-state index >= 15 is 0 Å². The van der Waals surface area contributed by atoms with E-state index in [4.69, 9.17) is 5.73 Å². The molecule has 3 heterocycles. The maximum Gasteiger partial charge on any atom is 0.263 e. The Hall–Kier alpha value is -1.66. The van der Waals surface area contributed by atoms with Crippen LogP contribution in [0.1, 0.15) is 28.1 Å². The Morgan fingerprint density at radius 1 is 1.50 bits per heavy atom. The highest BCUT2D eigenvalue weighted by molar-refractivity contribution is 7.21. The average molecular weight is 290 g/mol. The highest BCUT2D eigenvalue weighted by Gasteiger charge is 2.21. The first-order valence-corrected chi connectivity index (χ1v) is 7.63. The summed E-state index contributed by atoms with van der Waals surface area (Å²) in [6, 6.07) is 2.15. The second-order valence-electron chi connectivity index (χ2n) is 5.15. The van der Waals surface area contributed by atoms with Gasteiger partial charge in [-0.2, -0.15) is 0 Å². The molecular weight excluding hydrogens is 272 g/mol. The topological polar surface area (TPSA) is 80.0 Å². The van der Waals surface area contributed by atoms with Gasteiger partial charge in [0.25, 0.3) is 5.91 Å². The number of amides is 1. The Morgan fingerprint density at radius 3 is 2.95 bits per heavy atom. The van der Waals surface area contributed by atoms with Crippen molar-refractivity contribution < 1.29 is 4.79 Å². The van der Waals surface area contributed by atoms with Crippen molar-refractivity contribution in [3.8, 4) is 0 Å². The van der Waals surface area contributed by atoms with Gasteiger partial charge in [0.05, 0.1) is 5.69 Å². The zero-order valence-electron chi connectivity index (χ0n) is 11.4. The molecule has 0 bridgehead atoms. The number of pyridine rings is 1. The van der Waals surface area contributed by atoms with Gasteiger partial charge in [-0.25, -0.2) is 4.98 Å². The van der Waals surface area contributed by atoms with Gasteiger partial charge in [-0.05, 0) is 44.5 Å². The monoisotopic (exact) mass is 290 g/mol. The van der Waals surface area contributed by atoms with Crippen LogP contribution in [0.2, 0.25) is 0 Å². The Balaban J connectivity index is 1.87. The Bertz CT molecular complexity index is 646. The maximum absolute atomic E-state index is 12.4. The van der Waals surface area contributed by atoms with Crippen molar-refractivity contribution in [2.45, 2.75) is 25.8 Å². The summed E-state index contributed by atoms with van der Waals surface area (Å²) in [6.45, 7) is 3.89. The lowest BCUT2D eigenvalue weighted by atomic mass is 10.1. The molecule has 20 heavy (non-hydrogen) atoms. The third-order valence-corrected chi connectivity index (χ3v) is 4.83. The number of rotatable bonds is 2. The van der Waals surface area contributed by atoms with Crippen LogP contribution in [0, 0.1) is 6.92 Å². The third kappa shape index (κ3) is 2.36. The fourth-order valence-electron chi connectivity index (χ4n) is 2.59. The molecule has 2 aromatic heterocycles. The number of piperidine rings is 1. The molecule has 2 aromatic rings. The van der Waals surface area contributed by atoms with Crippen LogP contribution in [-0.4, -0.2) is 30.0 Å². The SMILES string of the molecule is Cc1ccnc2sc(C(=O)NC3CCNCC3)c(N)c12. The van der Waals surface area contributed by atoms with Crippen molar-refractivity contribution >= 4 is 33.1 Å². The van der Waals surface area contributed by atoms with Crippen molar-refractivity contribution in [3.05, 3.63) is 22.7 Å². The average Bonchev–Trinajstić information content (AvgIpc) is 2.79. The van der Waals surface area contributed by atoms with E-state index in [9.17, 15) is 4.79 Å². The number of anilines is 1. The number of nitrogens with zero attached hydrogens (tertiary/aromatic N) is 1. The number of aryl methyl sites for hydroxylation is 1. The summed E-state index contributed by atoms with van der Waals surface area (Å²) in [6.07, 6.45) is 3.68. The summed E-state index contributed by atoms with van der Waals surface area (Å²) in [5, 5.41) is 7.27. The lowest BCUT2D eigenvalue weighted by Crippen LogP contribution is -2.42. The van der Waals surface area contributed by atoms with Crippen molar-refractivity contribution in [1.29, 1.82) is 0 Å². The van der Waals surface area contributed by atoms with Crippen LogP contribution in [0.15, 0.2) is 12.3 Å². The number of hydrogen-bond donors (Lipinski definition) is 3. The van der Waals surface area contributed by atoms with Crippen molar-refractivity contribution in [1.82, 2.24) is 15.6 Å². The van der Waals surface area contributed by atoms with E-state index in [1.54, 1.807) is 6.20 Å². The van der Waals surface area contributed by atoms with Gasteiger partial charge in [0.15, 0.2) is 0 Å². The van der Waals surface area contributed by atoms with E-state index in [0.717, 1.165) is 41.7 Å². The molecule has 1 aliphatic rings. The summed E-state index contributed by atoms with van der Waals surface area (Å²) in [5.41, 5.74) is 7.76. The highest BCUT2D eigenvalue weighted by atomic mass is 32.1. The van der Waals surface area contributed by atoms with Gasteiger partial charge >= 0.3 is 0 Å². The second kappa shape index (κ2) is 5.38. The minimum atomic E-state index is -0.0724. The molecule has 0 spiro atoms. The van der Waals surface area contributed by atoms with Crippen LogP contribution in [0.25, 0.3) is 10.2 Å². The summed E-state index contributed by atoms with van der Waals surface area (Å²) >= 11 is 1.37. The number of carbonyl (C=O) groups excluding carboxylic acids is 1. The van der Waals surface area contributed by atoms with Crippen LogP contribution in [0.4, 0.5) is 5.69 Å². The molecule has 1 fully saturated rings. The Morgan fingerprint density at radius 2 is 2.25 bits per heavy atom. The standard InChI is InChI=1S/C14H18N4OS/c1-8-2-7-17-14-10(8)11(15)12(20-14)13(19)18-9-3-5-16-6-4-9/h2,7,9,16H,3-6,15H2,1H3,(H,18,19). The van der Waals surface area contributed by atoms with Gasteiger partial charge in [0, 0.05) is 17.6 Å². The number of nitrogens with one attached hydrogen (secondary N) is 2. The molecule has 1 aliphatic heterocycles. The number of fused-ring (bicyclic) bond motifs is 1. The van der Waals surface area contributed by atoms with Crippen molar-refractivity contribution in [2.75, 3.05) is 18.8 Å². The van der Waals surface area contributed by atoms with E-state index in [-0.39, 0.29) is 11.9 Å². The van der Waals surface area contributed by atoms with Gasteiger partial charge in [-0.1, -0.05) is 0 Å². The smallest absolute Gasteiger partial charge is 0.263 e. The molecule has 0 radical (unpaired) electrons. The van der Waals surface area contributed by atoms with Crippen molar-refractivity contribution in [3.63, 3.8) is 0 Å². The van der Waals surface area contributed by atoms with Gasteiger partial charge in [-0.15, -0.1) is 11.3 Å². The molecule has 1 amide bonds. The number of hydrogen-bond acceptors (Lipinski definition) is 5. The number of nitrogen functional groups attached to an aromatic ring is 1. The highest BCUT2D eigenvalue weighted by Crippen LogP contribution is 2.34. The fourth-order valence-corrected chi connectivity index (χ4v) is 3.63. The minimum Gasteiger partial charge on any atom is -0.397 e. The molecule has 0 saturated carbocycles. The van der Waals surface area contributed by atoms with Crippen LogP contribution in [0.3, 0.4) is 0 Å². The van der Waals surface area contributed by atoms with Crippen LogP contribution in [-0.2, 0) is 0 Å². The van der Waals surface area contributed by atoms with E-state index in [0.29, 0.717) is 10.6 Å². The van der Waals surface area contributed by atoms with E-state index in [1.165, 1.54) is 11.3 Å².